The lowest BCUT2D eigenvalue weighted by Gasteiger charge is -2.07. The second kappa shape index (κ2) is 5.39. The maximum absolute atomic E-state index is 5.67. The molecule has 0 radical (unpaired) electrons. The maximum atomic E-state index is 5.67. The van der Waals surface area contributed by atoms with Gasteiger partial charge in [0.05, 0.1) is 6.61 Å². The molecule has 2 aliphatic rings. The third kappa shape index (κ3) is 2.86. The van der Waals surface area contributed by atoms with Crippen LogP contribution < -0.4 is 4.74 Å². The maximum Gasteiger partial charge on any atom is 0.181 e. The highest BCUT2D eigenvalue weighted by Crippen LogP contribution is 2.40. The monoisotopic (exact) mass is 299 g/mol. The van der Waals surface area contributed by atoms with Gasteiger partial charge in [0.25, 0.3) is 0 Å². The molecule has 2 aromatic rings. The Morgan fingerprint density at radius 2 is 2.00 bits per heavy atom. The van der Waals surface area contributed by atoms with Crippen LogP contribution in [0.15, 0.2) is 24.3 Å². The van der Waals surface area contributed by atoms with E-state index in [1.54, 1.807) is 0 Å². The molecule has 5 nitrogen and oxygen atoms in total. The number of rotatable bonds is 6. The summed E-state index contributed by atoms with van der Waals surface area (Å²) in [5, 5.41) is 4.70. The van der Waals surface area contributed by atoms with Crippen molar-refractivity contribution in [3.63, 3.8) is 0 Å². The molecule has 0 amide bonds. The lowest BCUT2D eigenvalue weighted by Crippen LogP contribution is -2.07. The molecule has 1 aliphatic carbocycles. The van der Waals surface area contributed by atoms with Crippen LogP contribution in [0.3, 0.4) is 0 Å². The van der Waals surface area contributed by atoms with Crippen molar-refractivity contribution in [3.8, 4) is 17.1 Å². The number of hydrogen-bond donors (Lipinski definition) is 0. The summed E-state index contributed by atoms with van der Waals surface area (Å²) in [6, 6.07) is 8.35. The molecule has 1 aromatic heterocycles. The van der Waals surface area contributed by atoms with E-state index >= 15 is 0 Å². The fraction of sp³-hybridized carbons (Fsp3) is 0.529. The first-order valence-electron chi connectivity index (χ1n) is 8.02. The molecule has 1 atom stereocenters. The van der Waals surface area contributed by atoms with Crippen molar-refractivity contribution in [1.29, 1.82) is 0 Å². The Balaban J connectivity index is 1.54. The van der Waals surface area contributed by atoms with Gasteiger partial charge in [-0.15, -0.1) is 0 Å². The van der Waals surface area contributed by atoms with Gasteiger partial charge in [0.1, 0.15) is 24.3 Å². The predicted octanol–water partition coefficient (Wildman–Crippen LogP) is 3.18. The van der Waals surface area contributed by atoms with Crippen LogP contribution in [0.4, 0.5) is 0 Å². The molecular formula is C17H21N3O2. The SMILES string of the molecule is CC(C)n1nc(-c2ccc(OCC3CO3)cc2)nc1C1CC1. The van der Waals surface area contributed by atoms with Gasteiger partial charge < -0.3 is 9.47 Å². The second-order valence-corrected chi connectivity index (χ2v) is 6.40. The van der Waals surface area contributed by atoms with Crippen molar-refractivity contribution in [3.05, 3.63) is 30.1 Å². The molecule has 116 valence electrons. The zero-order chi connectivity index (χ0) is 15.1. The van der Waals surface area contributed by atoms with Gasteiger partial charge in [-0.05, 0) is 51.0 Å². The Morgan fingerprint density at radius 1 is 1.27 bits per heavy atom. The third-order valence-electron chi connectivity index (χ3n) is 4.04. The van der Waals surface area contributed by atoms with E-state index in [0.29, 0.717) is 18.6 Å². The molecule has 22 heavy (non-hydrogen) atoms. The van der Waals surface area contributed by atoms with Crippen LogP contribution in [0.1, 0.15) is 44.5 Å². The number of benzene rings is 1. The molecule has 2 heterocycles. The molecule has 0 N–H and O–H groups in total. The first-order chi connectivity index (χ1) is 10.7. The molecule has 0 bridgehead atoms. The average molecular weight is 299 g/mol. The number of ether oxygens (including phenoxy) is 2. The minimum Gasteiger partial charge on any atom is -0.491 e. The van der Waals surface area contributed by atoms with E-state index in [4.69, 9.17) is 19.6 Å². The van der Waals surface area contributed by atoms with Gasteiger partial charge in [0.15, 0.2) is 5.82 Å². The van der Waals surface area contributed by atoms with E-state index in [1.807, 2.05) is 24.3 Å². The van der Waals surface area contributed by atoms with E-state index in [1.165, 1.54) is 12.8 Å². The lowest BCUT2D eigenvalue weighted by atomic mass is 10.2. The summed E-state index contributed by atoms with van der Waals surface area (Å²) in [5.74, 6) is 3.42. The molecule has 2 fully saturated rings. The molecule has 1 aliphatic heterocycles. The van der Waals surface area contributed by atoms with E-state index in [0.717, 1.165) is 29.6 Å². The van der Waals surface area contributed by atoms with E-state index in [2.05, 4.69) is 18.5 Å². The van der Waals surface area contributed by atoms with E-state index in [9.17, 15) is 0 Å². The standard InChI is InChI=1S/C17H21N3O2/c1-11(2)20-17(13-3-4-13)18-16(19-20)12-5-7-14(8-6-12)21-9-15-10-22-15/h5-8,11,13,15H,3-4,9-10H2,1-2H3. The predicted molar refractivity (Wildman–Crippen MR) is 83.1 cm³/mol. The molecule has 1 saturated heterocycles. The zero-order valence-electron chi connectivity index (χ0n) is 13.0. The van der Waals surface area contributed by atoms with Crippen molar-refractivity contribution in [2.75, 3.05) is 13.2 Å². The van der Waals surface area contributed by atoms with Crippen LogP contribution in [0.25, 0.3) is 11.4 Å². The summed E-state index contributed by atoms with van der Waals surface area (Å²) < 4.78 is 12.9. The van der Waals surface area contributed by atoms with Gasteiger partial charge in [0, 0.05) is 17.5 Å². The highest BCUT2D eigenvalue weighted by molar-refractivity contribution is 5.56. The van der Waals surface area contributed by atoms with Crippen molar-refractivity contribution < 1.29 is 9.47 Å². The third-order valence-corrected chi connectivity index (χ3v) is 4.04. The van der Waals surface area contributed by atoms with Gasteiger partial charge in [-0.3, -0.25) is 0 Å². The van der Waals surface area contributed by atoms with Crippen LogP contribution in [-0.4, -0.2) is 34.1 Å². The Kier molecular flexibility index (Phi) is 3.37. The summed E-state index contributed by atoms with van der Waals surface area (Å²) in [4.78, 5) is 4.77. The van der Waals surface area contributed by atoms with Crippen molar-refractivity contribution in [2.24, 2.45) is 0 Å². The zero-order valence-corrected chi connectivity index (χ0v) is 13.0. The fourth-order valence-corrected chi connectivity index (χ4v) is 2.51. The number of nitrogens with zero attached hydrogens (tertiary/aromatic N) is 3. The second-order valence-electron chi connectivity index (χ2n) is 6.40. The summed E-state index contributed by atoms with van der Waals surface area (Å²) in [6.07, 6.45) is 2.76. The van der Waals surface area contributed by atoms with Crippen LogP contribution in [0.5, 0.6) is 5.75 Å². The smallest absolute Gasteiger partial charge is 0.181 e. The van der Waals surface area contributed by atoms with Crippen LogP contribution >= 0.6 is 0 Å². The molecule has 1 saturated carbocycles. The van der Waals surface area contributed by atoms with Gasteiger partial charge in [0.2, 0.25) is 0 Å². The molecule has 0 spiro atoms. The van der Waals surface area contributed by atoms with Crippen LogP contribution in [-0.2, 0) is 4.74 Å². The molecule has 5 heteroatoms. The topological polar surface area (TPSA) is 52.5 Å². The summed E-state index contributed by atoms with van der Waals surface area (Å²) in [6.45, 7) is 5.76. The normalized spacial score (nSPS) is 20.4. The summed E-state index contributed by atoms with van der Waals surface area (Å²) in [7, 11) is 0. The Hall–Kier alpha value is -1.88. The fourth-order valence-electron chi connectivity index (χ4n) is 2.51. The van der Waals surface area contributed by atoms with Gasteiger partial charge in [-0.2, -0.15) is 5.10 Å². The van der Waals surface area contributed by atoms with Gasteiger partial charge in [-0.25, -0.2) is 9.67 Å². The van der Waals surface area contributed by atoms with Crippen LogP contribution in [0.2, 0.25) is 0 Å². The van der Waals surface area contributed by atoms with E-state index in [-0.39, 0.29) is 6.10 Å². The van der Waals surface area contributed by atoms with Crippen molar-refractivity contribution in [1.82, 2.24) is 14.8 Å². The summed E-state index contributed by atoms with van der Waals surface area (Å²) in [5.41, 5.74) is 1.04. The van der Waals surface area contributed by atoms with Crippen molar-refractivity contribution in [2.45, 2.75) is 44.8 Å². The molecule has 1 aromatic carbocycles. The molecule has 4 rings (SSSR count). The summed E-state index contributed by atoms with van der Waals surface area (Å²) >= 11 is 0. The van der Waals surface area contributed by atoms with Crippen molar-refractivity contribution >= 4 is 0 Å². The molecule has 1 unspecified atom stereocenters. The average Bonchev–Trinajstić information content (AvgIpc) is 3.44. The van der Waals surface area contributed by atoms with E-state index < -0.39 is 0 Å². The van der Waals surface area contributed by atoms with Gasteiger partial charge in [-0.1, -0.05) is 0 Å². The van der Waals surface area contributed by atoms with Crippen LogP contribution in [0, 0.1) is 0 Å². The largest absolute Gasteiger partial charge is 0.491 e. The Morgan fingerprint density at radius 3 is 2.59 bits per heavy atom. The Bertz CT molecular complexity index is 636. The number of epoxide rings is 1. The highest BCUT2D eigenvalue weighted by Gasteiger charge is 2.30. The molecular weight excluding hydrogens is 278 g/mol. The highest BCUT2D eigenvalue weighted by atomic mass is 16.6. The Labute approximate surface area is 130 Å². The first kappa shape index (κ1) is 13.8. The minimum absolute atomic E-state index is 0.282. The number of hydrogen-bond acceptors (Lipinski definition) is 4. The quantitative estimate of drug-likeness (QED) is 0.769. The first-order valence-corrected chi connectivity index (χ1v) is 8.02. The lowest BCUT2D eigenvalue weighted by molar-refractivity contribution is 0.263. The van der Waals surface area contributed by atoms with Gasteiger partial charge >= 0.3 is 0 Å². The number of aromatic nitrogens is 3. The minimum atomic E-state index is 0.282.